The van der Waals surface area contributed by atoms with Gasteiger partial charge in [-0.3, -0.25) is 4.99 Å². The number of sulfone groups is 1. The van der Waals surface area contributed by atoms with Gasteiger partial charge in [0.05, 0.1) is 9.38 Å². The van der Waals surface area contributed by atoms with Crippen molar-refractivity contribution in [3.05, 3.63) is 58.6 Å². The van der Waals surface area contributed by atoms with Gasteiger partial charge in [-0.2, -0.15) is 13.2 Å². The molecular weight excluding hydrogens is 467 g/mol. The highest BCUT2D eigenvalue weighted by Crippen LogP contribution is 2.36. The van der Waals surface area contributed by atoms with Crippen LogP contribution in [0.25, 0.3) is 16.7 Å². The molecular formula is C21H21BrF3NO2S. The average molecular weight is 488 g/mol. The minimum absolute atomic E-state index is 0.0886. The van der Waals surface area contributed by atoms with Gasteiger partial charge in [-0.05, 0) is 56.2 Å². The van der Waals surface area contributed by atoms with E-state index < -0.39 is 21.7 Å². The predicted octanol–water partition coefficient (Wildman–Crippen LogP) is 6.15. The smallest absolute Gasteiger partial charge is 0.283 e. The quantitative estimate of drug-likeness (QED) is 0.474. The van der Waals surface area contributed by atoms with Crippen molar-refractivity contribution >= 4 is 37.1 Å². The molecule has 0 heterocycles. The Morgan fingerprint density at radius 3 is 2.07 bits per heavy atom. The standard InChI is InChI=1S/C21H21BrF3NO2S/c1-13(2)18(19(22)20(26-3)21(23,24)25)15-10-8-14(9-11-15)16-6-5-7-17(12-16)29(4,27)28/h5-13H,1-4H3/b19-18-,26-20?. The second-order valence-corrected chi connectivity index (χ2v) is 9.64. The summed E-state index contributed by atoms with van der Waals surface area (Å²) in [4.78, 5) is 3.62. The lowest BCUT2D eigenvalue weighted by atomic mass is 9.92. The maximum absolute atomic E-state index is 13.3. The Morgan fingerprint density at radius 1 is 1.03 bits per heavy atom. The van der Waals surface area contributed by atoms with Crippen LogP contribution in [0.5, 0.6) is 0 Å². The molecule has 8 heteroatoms. The van der Waals surface area contributed by atoms with Gasteiger partial charge in [0.1, 0.15) is 0 Å². The van der Waals surface area contributed by atoms with Crippen molar-refractivity contribution in [3.63, 3.8) is 0 Å². The van der Waals surface area contributed by atoms with Gasteiger partial charge in [0.15, 0.2) is 15.5 Å². The molecule has 0 aromatic heterocycles. The van der Waals surface area contributed by atoms with E-state index >= 15 is 0 Å². The van der Waals surface area contributed by atoms with E-state index in [0.717, 1.165) is 18.9 Å². The maximum atomic E-state index is 13.3. The molecule has 2 aromatic rings. The van der Waals surface area contributed by atoms with Crippen molar-refractivity contribution in [2.45, 2.75) is 24.9 Å². The number of benzene rings is 2. The van der Waals surface area contributed by atoms with Crippen molar-refractivity contribution in [1.82, 2.24) is 0 Å². The summed E-state index contributed by atoms with van der Waals surface area (Å²) in [6.07, 6.45) is -3.43. The molecule has 0 bridgehead atoms. The zero-order chi connectivity index (χ0) is 22.0. The first-order chi connectivity index (χ1) is 13.4. The van der Waals surface area contributed by atoms with Gasteiger partial charge in [-0.25, -0.2) is 8.42 Å². The molecule has 29 heavy (non-hydrogen) atoms. The van der Waals surface area contributed by atoms with Crippen LogP contribution in [-0.4, -0.2) is 33.6 Å². The van der Waals surface area contributed by atoms with E-state index in [-0.39, 0.29) is 15.3 Å². The van der Waals surface area contributed by atoms with E-state index in [1.54, 1.807) is 42.5 Å². The van der Waals surface area contributed by atoms with Crippen molar-refractivity contribution < 1.29 is 21.6 Å². The number of nitrogens with zero attached hydrogens (tertiary/aromatic N) is 1. The SMILES string of the molecule is CN=C(/C(Br)=C(/c1ccc(-c2cccc(S(C)(=O)=O)c2)cc1)C(C)C)C(F)(F)F. The van der Waals surface area contributed by atoms with Gasteiger partial charge in [0.2, 0.25) is 0 Å². The summed E-state index contributed by atoms with van der Waals surface area (Å²) in [6, 6.07) is 13.5. The van der Waals surface area contributed by atoms with Gasteiger partial charge in [-0.1, -0.05) is 50.2 Å². The molecule has 0 aliphatic heterocycles. The zero-order valence-electron chi connectivity index (χ0n) is 16.4. The molecule has 3 nitrogen and oxygen atoms in total. The van der Waals surface area contributed by atoms with Gasteiger partial charge in [0, 0.05) is 13.3 Å². The fraction of sp³-hybridized carbons (Fsp3) is 0.286. The molecule has 0 aliphatic carbocycles. The molecule has 2 rings (SSSR count). The highest BCUT2D eigenvalue weighted by molar-refractivity contribution is 9.12. The summed E-state index contributed by atoms with van der Waals surface area (Å²) in [6.45, 7) is 3.62. The minimum Gasteiger partial charge on any atom is -0.283 e. The molecule has 156 valence electrons. The molecule has 0 saturated carbocycles. The lowest BCUT2D eigenvalue weighted by Crippen LogP contribution is -2.24. The highest BCUT2D eigenvalue weighted by Gasteiger charge is 2.38. The van der Waals surface area contributed by atoms with Crippen molar-refractivity contribution in [1.29, 1.82) is 0 Å². The van der Waals surface area contributed by atoms with Crippen LogP contribution in [0.15, 0.2) is 62.9 Å². The Balaban J connectivity index is 2.53. The van der Waals surface area contributed by atoms with Crippen LogP contribution in [-0.2, 0) is 9.84 Å². The van der Waals surface area contributed by atoms with Crippen LogP contribution in [0.2, 0.25) is 0 Å². The van der Waals surface area contributed by atoms with Crippen LogP contribution >= 0.6 is 15.9 Å². The number of hydrogen-bond donors (Lipinski definition) is 0. The molecule has 0 fully saturated rings. The van der Waals surface area contributed by atoms with Crippen molar-refractivity contribution in [2.75, 3.05) is 13.3 Å². The third kappa shape index (κ3) is 5.57. The highest BCUT2D eigenvalue weighted by atomic mass is 79.9. The Kier molecular flexibility index (Phi) is 7.11. The molecule has 0 spiro atoms. The number of rotatable bonds is 5. The minimum atomic E-state index is -4.57. The molecule has 2 aromatic carbocycles. The average Bonchev–Trinajstić information content (AvgIpc) is 2.61. The molecule has 0 radical (unpaired) electrons. The largest absolute Gasteiger partial charge is 0.434 e. The summed E-state index contributed by atoms with van der Waals surface area (Å²) in [5, 5.41) is 0. The summed E-state index contributed by atoms with van der Waals surface area (Å²) < 4.78 is 63.3. The second-order valence-electron chi connectivity index (χ2n) is 6.83. The fourth-order valence-corrected chi connectivity index (χ4v) is 4.69. The first-order valence-electron chi connectivity index (χ1n) is 8.71. The summed E-state index contributed by atoms with van der Waals surface area (Å²) in [5.41, 5.74) is 1.61. The molecule has 0 amide bonds. The second kappa shape index (κ2) is 8.83. The number of alkyl halides is 3. The van der Waals surface area contributed by atoms with Gasteiger partial charge in [-0.15, -0.1) is 0 Å². The van der Waals surface area contributed by atoms with E-state index in [2.05, 4.69) is 20.9 Å². The molecule has 0 saturated heterocycles. The Hall–Kier alpha value is -1.93. The van der Waals surface area contributed by atoms with Crippen LogP contribution < -0.4 is 0 Å². The number of aliphatic imine (C=N–C) groups is 1. The fourth-order valence-electron chi connectivity index (χ4n) is 2.94. The Morgan fingerprint density at radius 2 is 1.62 bits per heavy atom. The van der Waals surface area contributed by atoms with E-state index in [0.29, 0.717) is 16.7 Å². The predicted molar refractivity (Wildman–Crippen MR) is 115 cm³/mol. The summed E-state index contributed by atoms with van der Waals surface area (Å²) >= 11 is 3.10. The maximum Gasteiger partial charge on any atom is 0.434 e. The molecule has 0 aliphatic rings. The third-order valence-corrected chi connectivity index (χ3v) is 6.22. The van der Waals surface area contributed by atoms with E-state index in [1.807, 2.05) is 13.8 Å². The number of hydrogen-bond acceptors (Lipinski definition) is 3. The van der Waals surface area contributed by atoms with Crippen molar-refractivity contribution in [2.24, 2.45) is 10.9 Å². The summed E-state index contributed by atoms with van der Waals surface area (Å²) in [7, 11) is -2.23. The van der Waals surface area contributed by atoms with Gasteiger partial charge >= 0.3 is 6.18 Å². The molecule has 0 unspecified atom stereocenters. The zero-order valence-corrected chi connectivity index (χ0v) is 18.8. The Labute approximate surface area is 177 Å². The lowest BCUT2D eigenvalue weighted by Gasteiger charge is -2.18. The van der Waals surface area contributed by atoms with Crippen LogP contribution in [0.3, 0.4) is 0 Å². The first kappa shape index (κ1) is 23.3. The number of halogens is 4. The van der Waals surface area contributed by atoms with Gasteiger partial charge in [0.25, 0.3) is 0 Å². The third-order valence-electron chi connectivity index (χ3n) is 4.31. The van der Waals surface area contributed by atoms with Crippen molar-refractivity contribution in [3.8, 4) is 11.1 Å². The normalized spacial score (nSPS) is 14.2. The molecule has 0 N–H and O–H groups in total. The topological polar surface area (TPSA) is 46.5 Å². The monoisotopic (exact) mass is 487 g/mol. The van der Waals surface area contributed by atoms with E-state index in [1.165, 1.54) is 6.07 Å². The van der Waals surface area contributed by atoms with E-state index in [9.17, 15) is 21.6 Å². The summed E-state index contributed by atoms with van der Waals surface area (Å²) in [5.74, 6) is -0.192. The molecule has 0 atom stereocenters. The number of allylic oxidation sites excluding steroid dienone is 2. The first-order valence-corrected chi connectivity index (χ1v) is 11.4. The van der Waals surface area contributed by atoms with Crippen LogP contribution in [0.1, 0.15) is 19.4 Å². The van der Waals surface area contributed by atoms with Crippen LogP contribution in [0.4, 0.5) is 13.2 Å². The van der Waals surface area contributed by atoms with Crippen LogP contribution in [0, 0.1) is 5.92 Å². The lowest BCUT2D eigenvalue weighted by molar-refractivity contribution is -0.0578. The Bertz CT molecular complexity index is 1050. The van der Waals surface area contributed by atoms with Gasteiger partial charge < -0.3 is 0 Å². The van der Waals surface area contributed by atoms with E-state index in [4.69, 9.17) is 0 Å².